The summed E-state index contributed by atoms with van der Waals surface area (Å²) in [6, 6.07) is 6.72. The van der Waals surface area contributed by atoms with Crippen LogP contribution >= 0.6 is 0 Å². The number of hydrogen-bond donors (Lipinski definition) is 1. The van der Waals surface area contributed by atoms with Gasteiger partial charge in [0, 0.05) is 13.1 Å². The summed E-state index contributed by atoms with van der Waals surface area (Å²) in [5.41, 5.74) is 10.1. The van der Waals surface area contributed by atoms with Crippen LogP contribution in [0.15, 0.2) is 18.2 Å². The van der Waals surface area contributed by atoms with Gasteiger partial charge in [-0.25, -0.2) is 0 Å². The molecule has 1 atom stereocenters. The van der Waals surface area contributed by atoms with Gasteiger partial charge in [-0.3, -0.25) is 0 Å². The van der Waals surface area contributed by atoms with Gasteiger partial charge in [-0.05, 0) is 56.8 Å². The van der Waals surface area contributed by atoms with E-state index >= 15 is 0 Å². The molecule has 1 rings (SSSR count). The maximum Gasteiger partial charge on any atom is 0.00212 e. The number of nitrogens with two attached hydrogens (primary N) is 1. The summed E-state index contributed by atoms with van der Waals surface area (Å²) in [6.45, 7) is 11.9. The number of likely N-dealkylation sites (N-methyl/N-ethyl adjacent to an activating group) is 1. The first-order valence-corrected chi connectivity index (χ1v) is 7.38. The SMILES string of the molecule is Cc1ccc(C)c(CCN(C)CC(CN)C(C)C)c1. The van der Waals surface area contributed by atoms with E-state index in [2.05, 4.69) is 57.8 Å². The summed E-state index contributed by atoms with van der Waals surface area (Å²) in [5, 5.41) is 0. The van der Waals surface area contributed by atoms with Gasteiger partial charge >= 0.3 is 0 Å². The molecule has 0 radical (unpaired) electrons. The third kappa shape index (κ3) is 5.33. The lowest BCUT2D eigenvalue weighted by atomic mass is 9.95. The fourth-order valence-corrected chi connectivity index (χ4v) is 2.43. The van der Waals surface area contributed by atoms with Crippen LogP contribution in [0.4, 0.5) is 0 Å². The molecule has 0 bridgehead atoms. The van der Waals surface area contributed by atoms with E-state index in [-0.39, 0.29) is 0 Å². The van der Waals surface area contributed by atoms with Crippen LogP contribution in [0.2, 0.25) is 0 Å². The molecular formula is C17H30N2. The third-order valence-corrected chi connectivity index (χ3v) is 4.06. The largest absolute Gasteiger partial charge is 0.330 e. The molecule has 0 aliphatic carbocycles. The van der Waals surface area contributed by atoms with Crippen molar-refractivity contribution in [3.63, 3.8) is 0 Å². The monoisotopic (exact) mass is 262 g/mol. The van der Waals surface area contributed by atoms with Gasteiger partial charge in [-0.2, -0.15) is 0 Å². The summed E-state index contributed by atoms with van der Waals surface area (Å²) in [4.78, 5) is 2.42. The van der Waals surface area contributed by atoms with E-state index in [4.69, 9.17) is 5.73 Å². The second-order valence-corrected chi connectivity index (χ2v) is 6.18. The van der Waals surface area contributed by atoms with Crippen molar-refractivity contribution in [3.05, 3.63) is 34.9 Å². The Bertz CT molecular complexity index is 385. The van der Waals surface area contributed by atoms with E-state index in [1.165, 1.54) is 16.7 Å². The van der Waals surface area contributed by atoms with Gasteiger partial charge in [0.05, 0.1) is 0 Å². The third-order valence-electron chi connectivity index (χ3n) is 4.06. The number of nitrogens with zero attached hydrogens (tertiary/aromatic N) is 1. The lowest BCUT2D eigenvalue weighted by Crippen LogP contribution is -2.34. The molecular weight excluding hydrogens is 232 g/mol. The van der Waals surface area contributed by atoms with Crippen molar-refractivity contribution in [2.75, 3.05) is 26.7 Å². The molecule has 2 nitrogen and oxygen atoms in total. The molecule has 0 aromatic heterocycles. The number of hydrogen-bond acceptors (Lipinski definition) is 2. The first-order chi connectivity index (χ1) is 8.93. The molecule has 0 heterocycles. The molecule has 2 N–H and O–H groups in total. The predicted octanol–water partition coefficient (Wildman–Crippen LogP) is 3.01. The average Bonchev–Trinajstić information content (AvgIpc) is 2.36. The summed E-state index contributed by atoms with van der Waals surface area (Å²) in [7, 11) is 2.20. The second kappa shape index (κ2) is 7.66. The fourth-order valence-electron chi connectivity index (χ4n) is 2.43. The van der Waals surface area contributed by atoms with Crippen LogP contribution in [-0.2, 0) is 6.42 Å². The molecule has 108 valence electrons. The Morgan fingerprint density at radius 2 is 1.89 bits per heavy atom. The first-order valence-electron chi connectivity index (χ1n) is 7.38. The molecule has 0 aliphatic rings. The van der Waals surface area contributed by atoms with Crippen molar-refractivity contribution in [2.45, 2.75) is 34.1 Å². The molecule has 1 aromatic rings. The van der Waals surface area contributed by atoms with Crippen molar-refractivity contribution >= 4 is 0 Å². The van der Waals surface area contributed by atoms with Crippen LogP contribution in [0.5, 0.6) is 0 Å². The van der Waals surface area contributed by atoms with E-state index in [9.17, 15) is 0 Å². The maximum atomic E-state index is 5.85. The van der Waals surface area contributed by atoms with Gasteiger partial charge in [0.2, 0.25) is 0 Å². The molecule has 0 amide bonds. The van der Waals surface area contributed by atoms with Crippen molar-refractivity contribution in [1.29, 1.82) is 0 Å². The Balaban J connectivity index is 2.49. The summed E-state index contributed by atoms with van der Waals surface area (Å²) in [5.74, 6) is 1.26. The van der Waals surface area contributed by atoms with E-state index in [1.54, 1.807) is 0 Å². The smallest absolute Gasteiger partial charge is 0.00212 e. The zero-order valence-corrected chi connectivity index (χ0v) is 13.2. The molecule has 19 heavy (non-hydrogen) atoms. The Labute approximate surface area is 119 Å². The highest BCUT2D eigenvalue weighted by Crippen LogP contribution is 2.13. The Morgan fingerprint density at radius 3 is 2.47 bits per heavy atom. The van der Waals surface area contributed by atoms with Crippen LogP contribution < -0.4 is 5.73 Å². The highest BCUT2D eigenvalue weighted by atomic mass is 15.1. The van der Waals surface area contributed by atoms with Crippen LogP contribution in [-0.4, -0.2) is 31.6 Å². The predicted molar refractivity (Wildman–Crippen MR) is 84.5 cm³/mol. The maximum absolute atomic E-state index is 5.85. The van der Waals surface area contributed by atoms with Crippen LogP contribution in [0.3, 0.4) is 0 Å². The Hall–Kier alpha value is -0.860. The lowest BCUT2D eigenvalue weighted by molar-refractivity contribution is 0.242. The molecule has 0 aliphatic heterocycles. The minimum atomic E-state index is 0.601. The van der Waals surface area contributed by atoms with Crippen LogP contribution in [0.1, 0.15) is 30.5 Å². The van der Waals surface area contributed by atoms with Crippen molar-refractivity contribution < 1.29 is 0 Å². The van der Waals surface area contributed by atoms with E-state index < -0.39 is 0 Å². The molecule has 1 aromatic carbocycles. The normalized spacial score (nSPS) is 13.3. The number of rotatable bonds is 7. The van der Waals surface area contributed by atoms with Crippen molar-refractivity contribution in [2.24, 2.45) is 17.6 Å². The zero-order chi connectivity index (χ0) is 14.4. The Morgan fingerprint density at radius 1 is 1.21 bits per heavy atom. The molecule has 0 saturated carbocycles. The second-order valence-electron chi connectivity index (χ2n) is 6.18. The van der Waals surface area contributed by atoms with E-state index in [1.807, 2.05) is 0 Å². The lowest BCUT2D eigenvalue weighted by Gasteiger charge is -2.26. The summed E-state index contributed by atoms with van der Waals surface area (Å²) in [6.07, 6.45) is 1.12. The van der Waals surface area contributed by atoms with Gasteiger partial charge in [-0.15, -0.1) is 0 Å². The molecule has 0 fully saturated rings. The van der Waals surface area contributed by atoms with E-state index in [0.29, 0.717) is 11.8 Å². The molecule has 1 unspecified atom stereocenters. The zero-order valence-electron chi connectivity index (χ0n) is 13.2. The van der Waals surface area contributed by atoms with Crippen molar-refractivity contribution in [3.8, 4) is 0 Å². The number of aryl methyl sites for hydroxylation is 2. The van der Waals surface area contributed by atoms with Gasteiger partial charge in [0.1, 0.15) is 0 Å². The Kier molecular flexibility index (Phi) is 6.53. The number of benzene rings is 1. The van der Waals surface area contributed by atoms with Crippen LogP contribution in [0.25, 0.3) is 0 Å². The minimum Gasteiger partial charge on any atom is -0.330 e. The summed E-state index contributed by atoms with van der Waals surface area (Å²) < 4.78 is 0. The highest BCUT2D eigenvalue weighted by Gasteiger charge is 2.13. The molecule has 0 saturated heterocycles. The topological polar surface area (TPSA) is 29.3 Å². The van der Waals surface area contributed by atoms with Crippen molar-refractivity contribution in [1.82, 2.24) is 4.90 Å². The minimum absolute atomic E-state index is 0.601. The molecule has 2 heteroatoms. The molecule has 0 spiro atoms. The quantitative estimate of drug-likeness (QED) is 0.818. The fraction of sp³-hybridized carbons (Fsp3) is 0.647. The van der Waals surface area contributed by atoms with Gasteiger partial charge in [0.15, 0.2) is 0 Å². The summed E-state index contributed by atoms with van der Waals surface area (Å²) >= 11 is 0. The van der Waals surface area contributed by atoms with Gasteiger partial charge < -0.3 is 10.6 Å². The first kappa shape index (κ1) is 16.2. The standard InChI is InChI=1S/C17H30N2/c1-13(2)17(11-18)12-19(5)9-8-16-10-14(3)6-7-15(16)4/h6-7,10,13,17H,8-9,11-12,18H2,1-5H3. The van der Waals surface area contributed by atoms with Gasteiger partial charge in [0.25, 0.3) is 0 Å². The highest BCUT2D eigenvalue weighted by molar-refractivity contribution is 5.30. The van der Waals surface area contributed by atoms with Crippen LogP contribution in [0, 0.1) is 25.7 Å². The average molecular weight is 262 g/mol. The van der Waals surface area contributed by atoms with Gasteiger partial charge in [-0.1, -0.05) is 37.6 Å². The van der Waals surface area contributed by atoms with E-state index in [0.717, 1.165) is 26.1 Å².